The average molecular weight is 306 g/mol. The number of ether oxygens (including phenoxy) is 2. The highest BCUT2D eigenvalue weighted by molar-refractivity contribution is 5.43. The number of nitrogens with one attached hydrogen (secondary N) is 1. The van der Waals surface area contributed by atoms with E-state index in [1.807, 2.05) is 6.07 Å². The first-order valence-corrected chi connectivity index (χ1v) is 8.15. The number of hydrogen-bond acceptors (Lipinski definition) is 5. The highest BCUT2D eigenvalue weighted by atomic mass is 16.6. The minimum Gasteiger partial charge on any atom is -0.486 e. The zero-order valence-electron chi connectivity index (χ0n) is 13.3. The Kier molecular flexibility index (Phi) is 4.86. The number of fused-ring (bicyclic) bond motifs is 1. The van der Waals surface area contributed by atoms with Gasteiger partial charge in [-0.05, 0) is 57.1 Å². The molecule has 3 rings (SSSR count). The summed E-state index contributed by atoms with van der Waals surface area (Å²) in [5, 5.41) is 12.9. The number of hydrogen-bond donors (Lipinski definition) is 2. The van der Waals surface area contributed by atoms with Crippen LogP contribution < -0.4 is 14.8 Å². The molecular formula is C17H26N2O3. The van der Waals surface area contributed by atoms with Gasteiger partial charge in [-0.2, -0.15) is 0 Å². The first-order chi connectivity index (χ1) is 10.7. The number of aliphatic hydroxyl groups excluding tert-OH is 1. The fourth-order valence-electron chi connectivity index (χ4n) is 3.55. The number of piperidine rings is 1. The Morgan fingerprint density at radius 3 is 2.64 bits per heavy atom. The van der Waals surface area contributed by atoms with Gasteiger partial charge in [0.25, 0.3) is 0 Å². The van der Waals surface area contributed by atoms with Crippen LogP contribution in [0.1, 0.15) is 24.8 Å². The minimum absolute atomic E-state index is 0.0905. The van der Waals surface area contributed by atoms with Gasteiger partial charge < -0.3 is 19.9 Å². The molecular weight excluding hydrogens is 280 g/mol. The standard InChI is InChI=1S/C17H26N2O3/c1-19(17(6-9-20)4-7-18-8-5-17)13-14-2-3-15-16(12-14)22-11-10-21-15/h2-3,12,18,20H,4-11,13H2,1H3. The summed E-state index contributed by atoms with van der Waals surface area (Å²) in [6.45, 7) is 4.38. The molecule has 1 fully saturated rings. The molecule has 1 aromatic rings. The summed E-state index contributed by atoms with van der Waals surface area (Å²) >= 11 is 0. The average Bonchev–Trinajstić information content (AvgIpc) is 2.56. The molecule has 2 heterocycles. The second-order valence-corrected chi connectivity index (χ2v) is 6.28. The lowest BCUT2D eigenvalue weighted by atomic mass is 9.83. The van der Waals surface area contributed by atoms with Gasteiger partial charge in [0.15, 0.2) is 11.5 Å². The second-order valence-electron chi connectivity index (χ2n) is 6.28. The van der Waals surface area contributed by atoms with E-state index >= 15 is 0 Å². The van der Waals surface area contributed by atoms with Crippen LogP contribution in [0.25, 0.3) is 0 Å². The van der Waals surface area contributed by atoms with E-state index in [4.69, 9.17) is 9.47 Å². The molecule has 22 heavy (non-hydrogen) atoms. The normalized spacial score (nSPS) is 20.1. The third-order valence-electron chi connectivity index (χ3n) is 4.95. The van der Waals surface area contributed by atoms with Crippen LogP contribution in [-0.2, 0) is 6.54 Å². The Labute approximate surface area is 132 Å². The van der Waals surface area contributed by atoms with Gasteiger partial charge in [-0.3, -0.25) is 4.90 Å². The van der Waals surface area contributed by atoms with Gasteiger partial charge in [0.2, 0.25) is 0 Å². The van der Waals surface area contributed by atoms with Crippen molar-refractivity contribution in [2.75, 3.05) is 40.0 Å². The molecule has 0 spiro atoms. The lowest BCUT2D eigenvalue weighted by molar-refractivity contribution is 0.0483. The highest BCUT2D eigenvalue weighted by Crippen LogP contribution is 2.33. The quantitative estimate of drug-likeness (QED) is 0.861. The van der Waals surface area contributed by atoms with E-state index in [-0.39, 0.29) is 12.1 Å². The SMILES string of the molecule is CN(Cc1ccc2c(c1)OCCO2)C1(CCO)CCNCC1. The molecule has 0 aromatic heterocycles. The molecule has 5 nitrogen and oxygen atoms in total. The molecule has 2 N–H and O–H groups in total. The van der Waals surface area contributed by atoms with E-state index in [1.165, 1.54) is 5.56 Å². The van der Waals surface area contributed by atoms with E-state index in [9.17, 15) is 5.11 Å². The van der Waals surface area contributed by atoms with Crippen molar-refractivity contribution in [3.05, 3.63) is 23.8 Å². The maximum atomic E-state index is 9.47. The lowest BCUT2D eigenvalue weighted by Gasteiger charge is -2.45. The topological polar surface area (TPSA) is 54.0 Å². The molecule has 2 aliphatic heterocycles. The molecule has 1 saturated heterocycles. The van der Waals surface area contributed by atoms with Crippen molar-refractivity contribution in [3.8, 4) is 11.5 Å². The number of benzene rings is 1. The van der Waals surface area contributed by atoms with Gasteiger partial charge in [-0.15, -0.1) is 0 Å². The van der Waals surface area contributed by atoms with Crippen LogP contribution in [0.4, 0.5) is 0 Å². The molecule has 0 unspecified atom stereocenters. The maximum absolute atomic E-state index is 9.47. The van der Waals surface area contributed by atoms with Gasteiger partial charge in [-0.1, -0.05) is 6.07 Å². The fraction of sp³-hybridized carbons (Fsp3) is 0.647. The van der Waals surface area contributed by atoms with Gasteiger partial charge in [0.1, 0.15) is 13.2 Å². The summed E-state index contributed by atoms with van der Waals surface area (Å²) < 4.78 is 11.2. The molecule has 0 radical (unpaired) electrons. The first kappa shape index (κ1) is 15.6. The van der Waals surface area contributed by atoms with Crippen LogP contribution >= 0.6 is 0 Å². The Morgan fingerprint density at radius 1 is 1.18 bits per heavy atom. The number of nitrogens with zero attached hydrogens (tertiary/aromatic N) is 1. The molecule has 0 saturated carbocycles. The summed E-state index contributed by atoms with van der Waals surface area (Å²) in [7, 11) is 2.16. The van der Waals surface area contributed by atoms with E-state index in [0.29, 0.717) is 13.2 Å². The van der Waals surface area contributed by atoms with Crippen molar-refractivity contribution in [1.82, 2.24) is 10.2 Å². The largest absolute Gasteiger partial charge is 0.486 e. The molecule has 5 heteroatoms. The fourth-order valence-corrected chi connectivity index (χ4v) is 3.55. The van der Waals surface area contributed by atoms with Crippen LogP contribution in [0.15, 0.2) is 18.2 Å². The Balaban J connectivity index is 1.73. The third-order valence-corrected chi connectivity index (χ3v) is 4.95. The van der Waals surface area contributed by atoms with Crippen LogP contribution in [0, 0.1) is 0 Å². The lowest BCUT2D eigenvalue weighted by Crippen LogP contribution is -2.53. The molecule has 0 atom stereocenters. The molecule has 0 bridgehead atoms. The van der Waals surface area contributed by atoms with Gasteiger partial charge in [0.05, 0.1) is 0 Å². The Morgan fingerprint density at radius 2 is 1.91 bits per heavy atom. The predicted octanol–water partition coefficient (Wildman–Crippen LogP) is 1.39. The van der Waals surface area contributed by atoms with E-state index < -0.39 is 0 Å². The zero-order valence-corrected chi connectivity index (χ0v) is 13.3. The van der Waals surface area contributed by atoms with E-state index in [1.54, 1.807) is 0 Å². The second kappa shape index (κ2) is 6.86. The van der Waals surface area contributed by atoms with E-state index in [0.717, 1.165) is 50.4 Å². The Bertz CT molecular complexity index is 495. The van der Waals surface area contributed by atoms with Crippen molar-refractivity contribution < 1.29 is 14.6 Å². The minimum atomic E-state index is 0.0905. The monoisotopic (exact) mass is 306 g/mol. The van der Waals surface area contributed by atoms with Crippen molar-refractivity contribution in [3.63, 3.8) is 0 Å². The number of aliphatic hydroxyl groups is 1. The predicted molar refractivity (Wildman–Crippen MR) is 85.4 cm³/mol. The van der Waals surface area contributed by atoms with Crippen molar-refractivity contribution in [2.24, 2.45) is 0 Å². The molecule has 1 aromatic carbocycles. The third kappa shape index (κ3) is 3.21. The summed E-state index contributed by atoms with van der Waals surface area (Å²) in [5.41, 5.74) is 1.32. The van der Waals surface area contributed by atoms with E-state index in [2.05, 4.69) is 29.4 Å². The smallest absolute Gasteiger partial charge is 0.161 e. The van der Waals surface area contributed by atoms with Crippen molar-refractivity contribution >= 4 is 0 Å². The van der Waals surface area contributed by atoms with Gasteiger partial charge in [-0.25, -0.2) is 0 Å². The van der Waals surface area contributed by atoms with Gasteiger partial charge in [0, 0.05) is 18.7 Å². The van der Waals surface area contributed by atoms with Crippen molar-refractivity contribution in [2.45, 2.75) is 31.3 Å². The molecule has 122 valence electrons. The maximum Gasteiger partial charge on any atom is 0.161 e. The Hall–Kier alpha value is -1.30. The van der Waals surface area contributed by atoms with Crippen molar-refractivity contribution in [1.29, 1.82) is 0 Å². The van der Waals surface area contributed by atoms with Crippen LogP contribution in [0.3, 0.4) is 0 Å². The summed E-state index contributed by atoms with van der Waals surface area (Å²) in [5.74, 6) is 1.68. The number of rotatable bonds is 5. The van der Waals surface area contributed by atoms with Gasteiger partial charge >= 0.3 is 0 Å². The summed E-state index contributed by atoms with van der Waals surface area (Å²) in [6, 6.07) is 6.19. The first-order valence-electron chi connectivity index (χ1n) is 8.15. The van der Waals surface area contributed by atoms with Crippen LogP contribution in [0.2, 0.25) is 0 Å². The molecule has 2 aliphatic rings. The summed E-state index contributed by atoms with van der Waals surface area (Å²) in [6.07, 6.45) is 2.99. The summed E-state index contributed by atoms with van der Waals surface area (Å²) in [4.78, 5) is 2.40. The highest BCUT2D eigenvalue weighted by Gasteiger charge is 2.35. The van der Waals surface area contributed by atoms with Crippen LogP contribution in [-0.4, -0.2) is 55.5 Å². The molecule has 0 amide bonds. The zero-order chi connectivity index (χ0) is 15.4. The van der Waals surface area contributed by atoms with Crippen LogP contribution in [0.5, 0.6) is 11.5 Å². The molecule has 0 aliphatic carbocycles.